The maximum absolute atomic E-state index is 10.8. The van der Waals surface area contributed by atoms with E-state index in [1.165, 1.54) is 0 Å². The van der Waals surface area contributed by atoms with Crippen LogP contribution in [0.4, 0.5) is 5.69 Å². The van der Waals surface area contributed by atoms with E-state index < -0.39 is 0 Å². The highest BCUT2D eigenvalue weighted by atomic mass is 16.6. The first kappa shape index (κ1) is 17.1. The summed E-state index contributed by atoms with van der Waals surface area (Å²) >= 11 is 0. The van der Waals surface area contributed by atoms with E-state index in [2.05, 4.69) is 12.2 Å². The van der Waals surface area contributed by atoms with Crippen LogP contribution in [-0.2, 0) is 0 Å². The zero-order chi connectivity index (χ0) is 15.7. The highest BCUT2D eigenvalue weighted by Crippen LogP contribution is 2.30. The van der Waals surface area contributed by atoms with E-state index >= 15 is 0 Å². The summed E-state index contributed by atoms with van der Waals surface area (Å²) in [5.74, 6) is 1.31. The van der Waals surface area contributed by atoms with Gasteiger partial charge in [-0.1, -0.05) is 26.2 Å². The molecule has 1 aromatic carbocycles. The molecule has 0 spiro atoms. The van der Waals surface area contributed by atoms with Gasteiger partial charge < -0.3 is 14.8 Å². The van der Waals surface area contributed by atoms with Crippen molar-refractivity contribution < 1.29 is 14.4 Å². The van der Waals surface area contributed by atoms with Gasteiger partial charge in [0.2, 0.25) is 6.54 Å². The number of methoxy groups -OCH3 is 2. The fraction of sp³-hybridized carbons (Fsp3) is 0.600. The van der Waals surface area contributed by atoms with Crippen LogP contribution in [0, 0.1) is 10.1 Å². The Morgan fingerprint density at radius 3 is 2.62 bits per heavy atom. The van der Waals surface area contributed by atoms with Crippen molar-refractivity contribution in [3.05, 3.63) is 28.3 Å². The summed E-state index contributed by atoms with van der Waals surface area (Å²) in [6.07, 6.45) is 3.91. The molecule has 0 amide bonds. The van der Waals surface area contributed by atoms with Gasteiger partial charge in [-0.05, 0) is 18.6 Å². The smallest absolute Gasteiger partial charge is 0.223 e. The van der Waals surface area contributed by atoms with E-state index in [-0.39, 0.29) is 17.5 Å². The first-order valence-electron chi connectivity index (χ1n) is 7.21. The number of hydrogen-bond donors (Lipinski definition) is 1. The summed E-state index contributed by atoms with van der Waals surface area (Å²) in [7, 11) is 3.15. The van der Waals surface area contributed by atoms with Crippen molar-refractivity contribution in [2.45, 2.75) is 38.6 Å². The predicted molar refractivity (Wildman–Crippen MR) is 83.0 cm³/mol. The van der Waals surface area contributed by atoms with Crippen molar-refractivity contribution in [3.8, 4) is 11.5 Å². The van der Waals surface area contributed by atoms with Gasteiger partial charge in [0, 0.05) is 11.0 Å². The van der Waals surface area contributed by atoms with Crippen LogP contribution in [0.15, 0.2) is 18.2 Å². The van der Waals surface area contributed by atoms with E-state index in [9.17, 15) is 10.1 Å². The number of nitrogens with zero attached hydrogens (tertiary/aromatic N) is 1. The maximum Gasteiger partial charge on any atom is 0.223 e. The lowest BCUT2D eigenvalue weighted by atomic mass is 10.1. The molecule has 0 aliphatic carbocycles. The first-order chi connectivity index (χ1) is 10.1. The minimum atomic E-state index is -0.278. The summed E-state index contributed by atoms with van der Waals surface area (Å²) in [5.41, 5.74) is 0.752. The van der Waals surface area contributed by atoms with Crippen molar-refractivity contribution in [2.75, 3.05) is 26.1 Å². The molecule has 0 saturated carbocycles. The van der Waals surface area contributed by atoms with Crippen molar-refractivity contribution in [2.24, 2.45) is 0 Å². The normalized spacial score (nSPS) is 11.8. The second-order valence-electron chi connectivity index (χ2n) is 4.92. The Bertz CT molecular complexity index is 451. The van der Waals surface area contributed by atoms with Crippen molar-refractivity contribution >= 4 is 5.69 Å². The average Bonchev–Trinajstić information content (AvgIpc) is 2.47. The number of rotatable bonds is 10. The van der Waals surface area contributed by atoms with Crippen LogP contribution in [0.25, 0.3) is 0 Å². The van der Waals surface area contributed by atoms with Gasteiger partial charge in [0.25, 0.3) is 0 Å². The van der Waals surface area contributed by atoms with Gasteiger partial charge >= 0.3 is 0 Å². The second-order valence-corrected chi connectivity index (χ2v) is 4.92. The number of anilines is 1. The summed E-state index contributed by atoms with van der Waals surface area (Å²) in [4.78, 5) is 10.5. The number of benzene rings is 1. The van der Waals surface area contributed by atoms with E-state index in [0.29, 0.717) is 11.5 Å². The molecular formula is C15H24N2O4. The highest BCUT2D eigenvalue weighted by Gasteiger charge is 2.17. The highest BCUT2D eigenvalue weighted by molar-refractivity contribution is 5.59. The first-order valence-corrected chi connectivity index (χ1v) is 7.21. The predicted octanol–water partition coefficient (Wildman–Crippen LogP) is 3.34. The molecule has 21 heavy (non-hydrogen) atoms. The molecule has 118 valence electrons. The quantitative estimate of drug-likeness (QED) is 0.407. The molecule has 1 atom stereocenters. The Balaban J connectivity index is 2.78. The minimum Gasteiger partial charge on any atom is -0.497 e. The molecule has 0 fully saturated rings. The molecule has 0 radical (unpaired) electrons. The Morgan fingerprint density at radius 2 is 2.05 bits per heavy atom. The molecule has 1 N–H and O–H groups in total. The number of nitro groups is 1. The Labute approximate surface area is 125 Å². The van der Waals surface area contributed by atoms with Crippen LogP contribution in [0.3, 0.4) is 0 Å². The third kappa shape index (κ3) is 5.89. The van der Waals surface area contributed by atoms with Crippen molar-refractivity contribution in [1.82, 2.24) is 0 Å². The molecule has 1 aromatic rings. The molecule has 0 bridgehead atoms. The zero-order valence-corrected chi connectivity index (χ0v) is 12.9. The largest absolute Gasteiger partial charge is 0.497 e. The summed E-state index contributed by atoms with van der Waals surface area (Å²) in [6, 6.07) is 5.19. The van der Waals surface area contributed by atoms with Gasteiger partial charge in [-0.2, -0.15) is 0 Å². The van der Waals surface area contributed by atoms with Crippen LogP contribution < -0.4 is 14.8 Å². The van der Waals surface area contributed by atoms with Gasteiger partial charge in [-0.3, -0.25) is 10.1 Å². The van der Waals surface area contributed by atoms with Gasteiger partial charge in [0.05, 0.1) is 25.9 Å². The fourth-order valence-electron chi connectivity index (χ4n) is 2.17. The number of hydrogen-bond acceptors (Lipinski definition) is 5. The number of unbranched alkanes of at least 4 members (excludes halogenated alkanes) is 2. The van der Waals surface area contributed by atoms with Crippen LogP contribution in [0.2, 0.25) is 0 Å². The second kappa shape index (κ2) is 9.05. The molecule has 0 aromatic heterocycles. The molecule has 0 aliphatic rings. The van der Waals surface area contributed by atoms with Crippen LogP contribution in [-0.4, -0.2) is 31.7 Å². The van der Waals surface area contributed by atoms with Gasteiger partial charge in [0.15, 0.2) is 0 Å². The summed E-state index contributed by atoms with van der Waals surface area (Å²) in [6.45, 7) is 2.02. The average molecular weight is 296 g/mol. The molecule has 0 aliphatic heterocycles. The summed E-state index contributed by atoms with van der Waals surface area (Å²) < 4.78 is 10.5. The van der Waals surface area contributed by atoms with E-state index in [1.807, 2.05) is 6.07 Å². The molecule has 1 rings (SSSR count). The molecular weight excluding hydrogens is 272 g/mol. The zero-order valence-electron chi connectivity index (χ0n) is 12.9. The topological polar surface area (TPSA) is 73.6 Å². The monoisotopic (exact) mass is 296 g/mol. The van der Waals surface area contributed by atoms with Crippen LogP contribution >= 0.6 is 0 Å². The third-order valence-electron chi connectivity index (χ3n) is 3.29. The SMILES string of the molecule is CCCCC[C@@H](C[N+](=O)[O-])Nc1ccc(OC)cc1OC. The number of ether oxygens (including phenoxy) is 2. The molecule has 0 unspecified atom stereocenters. The molecule has 6 nitrogen and oxygen atoms in total. The summed E-state index contributed by atoms with van der Waals surface area (Å²) in [5, 5.41) is 14.0. The molecule has 0 heterocycles. The van der Waals surface area contributed by atoms with E-state index in [4.69, 9.17) is 9.47 Å². The molecule has 6 heteroatoms. The maximum atomic E-state index is 10.8. The van der Waals surface area contributed by atoms with Crippen LogP contribution in [0.1, 0.15) is 32.6 Å². The minimum absolute atomic E-state index is 0.0983. The lowest BCUT2D eigenvalue weighted by molar-refractivity contribution is -0.481. The van der Waals surface area contributed by atoms with Gasteiger partial charge in [-0.25, -0.2) is 0 Å². The van der Waals surface area contributed by atoms with E-state index in [1.54, 1.807) is 26.4 Å². The van der Waals surface area contributed by atoms with Crippen molar-refractivity contribution in [3.63, 3.8) is 0 Å². The standard InChI is InChI=1S/C15H24N2O4/c1-4-5-6-7-12(11-17(18)19)16-14-9-8-13(20-2)10-15(14)21-3/h8-10,12,16H,4-7,11H2,1-3H3/t12-/m0/s1. The van der Waals surface area contributed by atoms with Gasteiger partial charge in [0.1, 0.15) is 11.5 Å². The number of nitrogens with one attached hydrogen (secondary N) is 1. The lowest BCUT2D eigenvalue weighted by Gasteiger charge is -2.18. The third-order valence-corrected chi connectivity index (χ3v) is 3.29. The molecule has 0 saturated heterocycles. The fourth-order valence-corrected chi connectivity index (χ4v) is 2.17. The van der Waals surface area contributed by atoms with E-state index in [0.717, 1.165) is 31.4 Å². The Hall–Kier alpha value is -1.98. The Morgan fingerprint density at radius 1 is 1.29 bits per heavy atom. The van der Waals surface area contributed by atoms with Gasteiger partial charge in [-0.15, -0.1) is 0 Å². The Kier molecular flexibility index (Phi) is 7.36. The lowest BCUT2D eigenvalue weighted by Crippen LogP contribution is -2.28. The van der Waals surface area contributed by atoms with Crippen molar-refractivity contribution in [1.29, 1.82) is 0 Å². The van der Waals surface area contributed by atoms with Crippen LogP contribution in [0.5, 0.6) is 11.5 Å².